The lowest BCUT2D eigenvalue weighted by Gasteiger charge is -2.11. The van der Waals surface area contributed by atoms with Crippen molar-refractivity contribution in [3.05, 3.63) is 54.1 Å². The SMILES string of the molecule is CCOc1ccccc1OCC(=O)N/N=C(/C)c1ccccc1O. The normalized spacial score (nSPS) is 11.0. The molecular weight excluding hydrogens is 308 g/mol. The van der Waals surface area contributed by atoms with Gasteiger partial charge in [0, 0.05) is 5.56 Å². The Morgan fingerprint density at radius 1 is 1.08 bits per heavy atom. The van der Waals surface area contributed by atoms with E-state index in [1.807, 2.05) is 13.0 Å². The average Bonchev–Trinajstić information content (AvgIpc) is 2.59. The van der Waals surface area contributed by atoms with Crippen LogP contribution in [0.5, 0.6) is 17.2 Å². The van der Waals surface area contributed by atoms with Gasteiger partial charge in [-0.3, -0.25) is 4.79 Å². The summed E-state index contributed by atoms with van der Waals surface area (Å²) in [6.07, 6.45) is 0. The number of nitrogens with zero attached hydrogens (tertiary/aromatic N) is 1. The highest BCUT2D eigenvalue weighted by Gasteiger charge is 2.08. The standard InChI is InChI=1S/C18H20N2O4/c1-3-23-16-10-6-7-11-17(16)24-12-18(22)20-19-13(2)14-8-4-5-9-15(14)21/h4-11,21H,3,12H2,1-2H3,(H,20,22)/b19-13-. The van der Waals surface area contributed by atoms with Crippen molar-refractivity contribution in [1.82, 2.24) is 5.43 Å². The molecule has 0 saturated heterocycles. The van der Waals surface area contributed by atoms with Gasteiger partial charge < -0.3 is 14.6 Å². The highest BCUT2D eigenvalue weighted by Crippen LogP contribution is 2.26. The molecule has 6 heteroatoms. The minimum atomic E-state index is -0.406. The molecule has 0 aliphatic heterocycles. The molecule has 0 aliphatic rings. The third-order valence-electron chi connectivity index (χ3n) is 3.15. The van der Waals surface area contributed by atoms with Gasteiger partial charge in [0.25, 0.3) is 5.91 Å². The van der Waals surface area contributed by atoms with E-state index in [0.717, 1.165) is 0 Å². The molecule has 0 bridgehead atoms. The van der Waals surface area contributed by atoms with Crippen molar-refractivity contribution in [2.24, 2.45) is 5.10 Å². The molecule has 24 heavy (non-hydrogen) atoms. The molecule has 1 amide bonds. The van der Waals surface area contributed by atoms with E-state index in [-0.39, 0.29) is 12.4 Å². The van der Waals surface area contributed by atoms with Crippen molar-refractivity contribution in [1.29, 1.82) is 0 Å². The van der Waals surface area contributed by atoms with Crippen LogP contribution in [-0.4, -0.2) is 29.9 Å². The summed E-state index contributed by atoms with van der Waals surface area (Å²) in [5.41, 5.74) is 3.45. The highest BCUT2D eigenvalue weighted by molar-refractivity contribution is 6.01. The predicted molar refractivity (Wildman–Crippen MR) is 91.6 cm³/mol. The molecule has 0 unspecified atom stereocenters. The highest BCUT2D eigenvalue weighted by atomic mass is 16.5. The van der Waals surface area contributed by atoms with Crippen LogP contribution in [0.4, 0.5) is 0 Å². The average molecular weight is 328 g/mol. The van der Waals surface area contributed by atoms with Crippen molar-refractivity contribution in [2.75, 3.05) is 13.2 Å². The van der Waals surface area contributed by atoms with Crippen LogP contribution >= 0.6 is 0 Å². The molecule has 6 nitrogen and oxygen atoms in total. The first-order valence-electron chi connectivity index (χ1n) is 7.58. The molecule has 0 spiro atoms. The lowest BCUT2D eigenvalue weighted by molar-refractivity contribution is -0.123. The zero-order valence-corrected chi connectivity index (χ0v) is 13.7. The number of phenols is 1. The number of hydrazone groups is 1. The summed E-state index contributed by atoms with van der Waals surface area (Å²) in [4.78, 5) is 11.9. The van der Waals surface area contributed by atoms with Crippen LogP contribution in [0.1, 0.15) is 19.4 Å². The number of carbonyl (C=O) groups is 1. The molecule has 0 atom stereocenters. The Labute approximate surface area is 140 Å². The Kier molecular flexibility index (Phi) is 6.19. The topological polar surface area (TPSA) is 80.2 Å². The Morgan fingerprint density at radius 2 is 1.71 bits per heavy atom. The van der Waals surface area contributed by atoms with E-state index in [4.69, 9.17) is 9.47 Å². The maximum Gasteiger partial charge on any atom is 0.277 e. The number of phenolic OH excluding ortho intramolecular Hbond substituents is 1. The Bertz CT molecular complexity index is 728. The van der Waals surface area contributed by atoms with Gasteiger partial charge in [0.05, 0.1) is 12.3 Å². The van der Waals surface area contributed by atoms with Crippen LogP contribution in [0.15, 0.2) is 53.6 Å². The molecule has 0 aromatic heterocycles. The zero-order valence-electron chi connectivity index (χ0n) is 13.7. The molecule has 2 aromatic rings. The number of hydrogen-bond donors (Lipinski definition) is 2. The van der Waals surface area contributed by atoms with Gasteiger partial charge in [0.1, 0.15) is 5.75 Å². The summed E-state index contributed by atoms with van der Waals surface area (Å²) in [6.45, 7) is 3.89. The summed E-state index contributed by atoms with van der Waals surface area (Å²) in [6, 6.07) is 13.9. The van der Waals surface area contributed by atoms with Crippen LogP contribution in [0.3, 0.4) is 0 Å². The van der Waals surface area contributed by atoms with Gasteiger partial charge in [0.15, 0.2) is 18.1 Å². The number of rotatable bonds is 7. The predicted octanol–water partition coefficient (Wildman–Crippen LogP) is 2.71. The summed E-state index contributed by atoms with van der Waals surface area (Å²) in [5.74, 6) is 0.781. The molecule has 126 valence electrons. The van der Waals surface area contributed by atoms with E-state index >= 15 is 0 Å². The molecule has 2 aromatic carbocycles. The van der Waals surface area contributed by atoms with E-state index in [0.29, 0.717) is 29.4 Å². The number of aromatic hydroxyl groups is 1. The fourth-order valence-corrected chi connectivity index (χ4v) is 2.01. The molecule has 0 fully saturated rings. The summed E-state index contributed by atoms with van der Waals surface area (Å²) in [7, 11) is 0. The van der Waals surface area contributed by atoms with Gasteiger partial charge in [-0.2, -0.15) is 5.10 Å². The lowest BCUT2D eigenvalue weighted by Crippen LogP contribution is -2.25. The van der Waals surface area contributed by atoms with E-state index in [2.05, 4.69) is 10.5 Å². The zero-order chi connectivity index (χ0) is 17.4. The summed E-state index contributed by atoms with van der Waals surface area (Å²) in [5, 5.41) is 13.7. The Hall–Kier alpha value is -3.02. The largest absolute Gasteiger partial charge is 0.507 e. The van der Waals surface area contributed by atoms with Crippen LogP contribution in [0.25, 0.3) is 0 Å². The Morgan fingerprint density at radius 3 is 2.38 bits per heavy atom. The molecule has 2 N–H and O–H groups in total. The van der Waals surface area contributed by atoms with E-state index in [1.54, 1.807) is 49.4 Å². The van der Waals surface area contributed by atoms with Gasteiger partial charge in [-0.1, -0.05) is 24.3 Å². The van der Waals surface area contributed by atoms with Crippen LogP contribution < -0.4 is 14.9 Å². The van der Waals surface area contributed by atoms with E-state index in [9.17, 15) is 9.90 Å². The fraction of sp³-hybridized carbons (Fsp3) is 0.222. The van der Waals surface area contributed by atoms with Crippen molar-refractivity contribution < 1.29 is 19.4 Å². The van der Waals surface area contributed by atoms with Crippen molar-refractivity contribution in [3.63, 3.8) is 0 Å². The molecule has 0 radical (unpaired) electrons. The first-order valence-corrected chi connectivity index (χ1v) is 7.58. The number of carbonyl (C=O) groups excluding carboxylic acids is 1. The second-order valence-corrected chi connectivity index (χ2v) is 4.92. The quantitative estimate of drug-likeness (QED) is 0.605. The van der Waals surface area contributed by atoms with Crippen molar-refractivity contribution in [3.8, 4) is 17.2 Å². The third-order valence-corrected chi connectivity index (χ3v) is 3.15. The summed E-state index contributed by atoms with van der Waals surface area (Å²) >= 11 is 0. The second-order valence-electron chi connectivity index (χ2n) is 4.92. The number of hydrogen-bond acceptors (Lipinski definition) is 5. The van der Waals surface area contributed by atoms with Crippen LogP contribution in [0, 0.1) is 0 Å². The monoisotopic (exact) mass is 328 g/mol. The van der Waals surface area contributed by atoms with E-state index in [1.165, 1.54) is 0 Å². The minimum Gasteiger partial charge on any atom is -0.507 e. The third kappa shape index (κ3) is 4.74. The maximum absolute atomic E-state index is 11.9. The van der Waals surface area contributed by atoms with Gasteiger partial charge >= 0.3 is 0 Å². The van der Waals surface area contributed by atoms with Gasteiger partial charge in [-0.15, -0.1) is 0 Å². The molecule has 2 rings (SSSR count). The number of benzene rings is 2. The molecular formula is C18H20N2O4. The first-order chi connectivity index (χ1) is 11.6. The molecule has 0 aliphatic carbocycles. The first kappa shape index (κ1) is 17.3. The minimum absolute atomic E-state index is 0.106. The Balaban J connectivity index is 1.92. The van der Waals surface area contributed by atoms with Crippen LogP contribution in [0.2, 0.25) is 0 Å². The fourth-order valence-electron chi connectivity index (χ4n) is 2.01. The summed E-state index contributed by atoms with van der Waals surface area (Å²) < 4.78 is 10.9. The van der Waals surface area contributed by atoms with Crippen LogP contribution in [-0.2, 0) is 4.79 Å². The number of nitrogens with one attached hydrogen (secondary N) is 1. The molecule has 0 saturated carbocycles. The maximum atomic E-state index is 11.9. The second kappa shape index (κ2) is 8.57. The number of para-hydroxylation sites is 3. The smallest absolute Gasteiger partial charge is 0.277 e. The lowest BCUT2D eigenvalue weighted by atomic mass is 10.1. The number of amides is 1. The van der Waals surface area contributed by atoms with Crippen molar-refractivity contribution >= 4 is 11.6 Å². The van der Waals surface area contributed by atoms with Gasteiger partial charge in [-0.05, 0) is 38.1 Å². The van der Waals surface area contributed by atoms with Gasteiger partial charge in [-0.25, -0.2) is 5.43 Å². The number of ether oxygens (including phenoxy) is 2. The molecule has 0 heterocycles. The van der Waals surface area contributed by atoms with E-state index < -0.39 is 5.91 Å². The van der Waals surface area contributed by atoms with Gasteiger partial charge in [0.2, 0.25) is 0 Å². The van der Waals surface area contributed by atoms with Crippen molar-refractivity contribution in [2.45, 2.75) is 13.8 Å².